The molecule has 5 aromatic rings. The first-order valence-electron chi connectivity index (χ1n) is 10.2. The lowest BCUT2D eigenvalue weighted by Gasteiger charge is -2.11. The molecule has 6 nitrogen and oxygen atoms in total. The van der Waals surface area contributed by atoms with Crippen LogP contribution in [0.4, 0.5) is 0 Å². The van der Waals surface area contributed by atoms with E-state index in [4.69, 9.17) is 32.4 Å². The predicted octanol–water partition coefficient (Wildman–Crippen LogP) is 6.37. The number of benzene rings is 2. The van der Waals surface area contributed by atoms with E-state index < -0.39 is 0 Å². The van der Waals surface area contributed by atoms with E-state index in [0.29, 0.717) is 45.4 Å². The third-order valence-electron chi connectivity index (χ3n) is 4.98. The second-order valence-corrected chi connectivity index (χ2v) is 9.08. The fraction of sp³-hybridized carbons (Fsp3) is 0.125. The van der Waals surface area contributed by atoms with E-state index in [1.165, 1.54) is 0 Å². The van der Waals surface area contributed by atoms with Crippen molar-refractivity contribution in [2.24, 2.45) is 0 Å². The van der Waals surface area contributed by atoms with Gasteiger partial charge in [-0.2, -0.15) is 0 Å². The smallest absolute Gasteiger partial charge is 0.235 e. The Labute approximate surface area is 203 Å². The van der Waals surface area contributed by atoms with Crippen molar-refractivity contribution in [3.05, 3.63) is 87.1 Å². The molecule has 0 saturated heterocycles. The van der Waals surface area contributed by atoms with Crippen molar-refractivity contribution in [3.63, 3.8) is 0 Å². The van der Waals surface area contributed by atoms with Crippen molar-refractivity contribution in [3.8, 4) is 17.1 Å². The fourth-order valence-corrected chi connectivity index (χ4v) is 4.56. The number of nitrogens with zero attached hydrogens (tertiary/aromatic N) is 3. The second kappa shape index (κ2) is 9.47. The summed E-state index contributed by atoms with van der Waals surface area (Å²) in [5.74, 6) is 1.31. The Kier molecular flexibility index (Phi) is 6.26. The number of fused-ring (bicyclic) bond motifs is 2. The maximum Gasteiger partial charge on any atom is 0.235 e. The average Bonchev–Trinajstić information content (AvgIpc) is 3.25. The fourth-order valence-electron chi connectivity index (χ4n) is 3.40. The number of aromatic nitrogens is 3. The molecule has 166 valence electrons. The molecule has 2 aromatic carbocycles. The monoisotopic (exact) mass is 497 g/mol. The predicted molar refractivity (Wildman–Crippen MR) is 132 cm³/mol. The molecule has 0 N–H and O–H groups in total. The highest BCUT2D eigenvalue weighted by Crippen LogP contribution is 2.32. The standard InChI is InChI=1S/C24H17Cl2N3O3S/c25-16-10-8-15(9-11-16)21-22(20(30)17-5-1-2-7-19(17)32-21)31-13-4-14-33-24-28-27-23-18(26)6-3-12-29(23)24/h1-3,5-12H,4,13-14H2. The molecular weight excluding hydrogens is 481 g/mol. The zero-order chi connectivity index (χ0) is 22.8. The summed E-state index contributed by atoms with van der Waals surface area (Å²) in [4.78, 5) is 13.2. The van der Waals surface area contributed by atoms with Gasteiger partial charge in [-0.3, -0.25) is 9.20 Å². The maximum atomic E-state index is 13.2. The van der Waals surface area contributed by atoms with Gasteiger partial charge in [0.2, 0.25) is 11.2 Å². The SMILES string of the molecule is O=c1c(OCCCSc2nnc3c(Cl)cccn23)c(-c2ccc(Cl)cc2)oc2ccccc12. The number of halogens is 2. The van der Waals surface area contributed by atoms with Gasteiger partial charge in [0.1, 0.15) is 5.58 Å². The Balaban J connectivity index is 1.34. The Morgan fingerprint density at radius 3 is 2.67 bits per heavy atom. The lowest BCUT2D eigenvalue weighted by molar-refractivity contribution is 0.310. The quantitative estimate of drug-likeness (QED) is 0.192. The number of thioether (sulfide) groups is 1. The van der Waals surface area contributed by atoms with E-state index in [9.17, 15) is 4.79 Å². The zero-order valence-corrected chi connectivity index (χ0v) is 19.5. The minimum atomic E-state index is -0.201. The summed E-state index contributed by atoms with van der Waals surface area (Å²) in [6.07, 6.45) is 2.56. The van der Waals surface area contributed by atoms with Crippen LogP contribution in [0.2, 0.25) is 10.0 Å². The van der Waals surface area contributed by atoms with Crippen molar-refractivity contribution < 1.29 is 9.15 Å². The van der Waals surface area contributed by atoms with Crippen LogP contribution in [0.15, 0.2) is 81.2 Å². The minimum Gasteiger partial charge on any atom is -0.486 e. The van der Waals surface area contributed by atoms with Gasteiger partial charge >= 0.3 is 0 Å². The van der Waals surface area contributed by atoms with Gasteiger partial charge in [0.15, 0.2) is 16.6 Å². The highest BCUT2D eigenvalue weighted by Gasteiger charge is 2.18. The van der Waals surface area contributed by atoms with Crippen LogP contribution in [-0.4, -0.2) is 27.0 Å². The van der Waals surface area contributed by atoms with Gasteiger partial charge in [-0.1, -0.05) is 47.1 Å². The van der Waals surface area contributed by atoms with Gasteiger partial charge in [-0.15, -0.1) is 10.2 Å². The molecule has 0 unspecified atom stereocenters. The zero-order valence-electron chi connectivity index (χ0n) is 17.2. The molecule has 0 spiro atoms. The topological polar surface area (TPSA) is 69.6 Å². The number of ether oxygens (including phenoxy) is 1. The molecule has 0 fully saturated rings. The van der Waals surface area contributed by atoms with Gasteiger partial charge in [-0.05, 0) is 55.0 Å². The average molecular weight is 498 g/mol. The van der Waals surface area contributed by atoms with E-state index >= 15 is 0 Å². The number of rotatable bonds is 7. The molecule has 0 aliphatic rings. The Morgan fingerprint density at radius 2 is 1.82 bits per heavy atom. The normalized spacial score (nSPS) is 11.3. The Hall–Kier alpha value is -3.00. The van der Waals surface area contributed by atoms with Crippen molar-refractivity contribution in [2.75, 3.05) is 12.4 Å². The number of hydrogen-bond acceptors (Lipinski definition) is 6. The van der Waals surface area contributed by atoms with Crippen molar-refractivity contribution in [1.82, 2.24) is 14.6 Å². The maximum absolute atomic E-state index is 13.2. The summed E-state index contributed by atoms with van der Waals surface area (Å²) in [5, 5.41) is 10.7. The highest BCUT2D eigenvalue weighted by atomic mass is 35.5. The summed E-state index contributed by atoms with van der Waals surface area (Å²) < 4.78 is 13.9. The van der Waals surface area contributed by atoms with Gasteiger partial charge in [0, 0.05) is 22.5 Å². The molecule has 0 aliphatic carbocycles. The summed E-state index contributed by atoms with van der Waals surface area (Å²) in [6, 6.07) is 17.9. The van der Waals surface area contributed by atoms with Crippen LogP contribution in [0.25, 0.3) is 27.9 Å². The molecule has 0 aliphatic heterocycles. The lowest BCUT2D eigenvalue weighted by atomic mass is 10.1. The summed E-state index contributed by atoms with van der Waals surface area (Å²) in [5.41, 5.74) is 1.65. The number of pyridine rings is 1. The van der Waals surface area contributed by atoms with E-state index in [1.807, 2.05) is 22.7 Å². The molecular formula is C24H17Cl2N3O3S. The molecule has 9 heteroatoms. The van der Waals surface area contributed by atoms with Gasteiger partial charge < -0.3 is 9.15 Å². The van der Waals surface area contributed by atoms with Crippen LogP contribution >= 0.6 is 35.0 Å². The Morgan fingerprint density at radius 1 is 1.00 bits per heavy atom. The van der Waals surface area contributed by atoms with Crippen LogP contribution in [-0.2, 0) is 0 Å². The van der Waals surface area contributed by atoms with Crippen molar-refractivity contribution in [1.29, 1.82) is 0 Å². The number of hydrogen-bond donors (Lipinski definition) is 0. The second-order valence-electron chi connectivity index (χ2n) is 7.18. The van der Waals surface area contributed by atoms with Crippen molar-refractivity contribution in [2.45, 2.75) is 11.6 Å². The lowest BCUT2D eigenvalue weighted by Crippen LogP contribution is -2.11. The van der Waals surface area contributed by atoms with Crippen LogP contribution in [0.5, 0.6) is 5.75 Å². The molecule has 0 radical (unpaired) electrons. The molecule has 0 atom stereocenters. The molecule has 0 amide bonds. The first-order chi connectivity index (χ1) is 16.1. The number of para-hydroxylation sites is 1. The first-order valence-corrected chi connectivity index (χ1v) is 11.9. The molecule has 0 bridgehead atoms. The van der Waals surface area contributed by atoms with Crippen LogP contribution in [0, 0.1) is 0 Å². The minimum absolute atomic E-state index is 0.195. The van der Waals surface area contributed by atoms with E-state index in [-0.39, 0.29) is 11.2 Å². The molecule has 3 aromatic heterocycles. The third-order valence-corrected chi connectivity index (χ3v) is 6.56. The van der Waals surface area contributed by atoms with E-state index in [1.54, 1.807) is 60.3 Å². The van der Waals surface area contributed by atoms with E-state index in [0.717, 1.165) is 16.5 Å². The Bertz CT molecular complexity index is 1500. The van der Waals surface area contributed by atoms with Gasteiger partial charge in [0.05, 0.1) is 17.0 Å². The summed E-state index contributed by atoms with van der Waals surface area (Å²) in [7, 11) is 0. The summed E-state index contributed by atoms with van der Waals surface area (Å²) >= 11 is 13.7. The van der Waals surface area contributed by atoms with Gasteiger partial charge in [-0.25, -0.2) is 0 Å². The van der Waals surface area contributed by atoms with Crippen molar-refractivity contribution >= 4 is 51.6 Å². The van der Waals surface area contributed by atoms with Crippen LogP contribution in [0.1, 0.15) is 6.42 Å². The highest BCUT2D eigenvalue weighted by molar-refractivity contribution is 7.99. The largest absolute Gasteiger partial charge is 0.486 e. The van der Waals surface area contributed by atoms with Crippen LogP contribution < -0.4 is 10.2 Å². The molecule has 5 rings (SSSR count). The molecule has 3 heterocycles. The third kappa shape index (κ3) is 4.44. The van der Waals surface area contributed by atoms with Gasteiger partial charge in [0.25, 0.3) is 0 Å². The molecule has 33 heavy (non-hydrogen) atoms. The molecule has 0 saturated carbocycles. The van der Waals surface area contributed by atoms with Crippen LogP contribution in [0.3, 0.4) is 0 Å². The first kappa shape index (κ1) is 21.8. The summed E-state index contributed by atoms with van der Waals surface area (Å²) in [6.45, 7) is 0.341. The van der Waals surface area contributed by atoms with E-state index in [2.05, 4.69) is 10.2 Å².